The van der Waals surface area contributed by atoms with Gasteiger partial charge in [-0.3, -0.25) is 4.68 Å². The summed E-state index contributed by atoms with van der Waals surface area (Å²) in [6.45, 7) is 11.2. The van der Waals surface area contributed by atoms with Gasteiger partial charge < -0.3 is 14.5 Å². The van der Waals surface area contributed by atoms with Crippen molar-refractivity contribution in [2.45, 2.75) is 65.0 Å². The van der Waals surface area contributed by atoms with Crippen molar-refractivity contribution in [2.75, 3.05) is 33.7 Å². The summed E-state index contributed by atoms with van der Waals surface area (Å²) in [7, 11) is 4.22. The topological polar surface area (TPSA) is 50.6 Å². The number of aryl methyl sites for hydroxylation is 2. The Morgan fingerprint density at radius 2 is 1.80 bits per heavy atom. The second kappa shape index (κ2) is 10.4. The number of benzene rings is 2. The number of aromatic nitrogens is 2. The monoisotopic (exact) mass is 476 g/mol. The molecular formula is C29H40N4O2. The van der Waals surface area contributed by atoms with Crippen molar-refractivity contribution in [2.24, 2.45) is 0 Å². The number of nitrogens with zero attached hydrogens (tertiary/aromatic N) is 4. The van der Waals surface area contributed by atoms with Crippen LogP contribution in [0.4, 0.5) is 4.79 Å². The number of carbonyl (C=O) groups is 1. The predicted molar refractivity (Wildman–Crippen MR) is 143 cm³/mol. The first-order chi connectivity index (χ1) is 16.6. The molecule has 1 aliphatic rings. The minimum Gasteiger partial charge on any atom is -0.444 e. The number of carbonyl (C=O) groups excluding carboxylic acids is 1. The molecule has 3 aromatic rings. The minimum atomic E-state index is -0.468. The Labute approximate surface area is 209 Å². The normalized spacial score (nSPS) is 15.2. The highest BCUT2D eigenvalue weighted by Gasteiger charge is 2.30. The van der Waals surface area contributed by atoms with E-state index in [1.165, 1.54) is 27.8 Å². The highest BCUT2D eigenvalue weighted by Crippen LogP contribution is 2.35. The molecule has 0 spiro atoms. The van der Waals surface area contributed by atoms with Gasteiger partial charge in [-0.1, -0.05) is 42.0 Å². The molecule has 35 heavy (non-hydrogen) atoms. The second-order valence-electron chi connectivity index (χ2n) is 11.1. The summed E-state index contributed by atoms with van der Waals surface area (Å²) in [6, 6.07) is 15.3. The zero-order valence-electron chi connectivity index (χ0n) is 22.2. The van der Waals surface area contributed by atoms with E-state index in [2.05, 4.69) is 73.1 Å². The summed E-state index contributed by atoms with van der Waals surface area (Å²) in [4.78, 5) is 16.6. The standard InChI is InChI=1S/C29H40N4O2/c1-21-9-7-10-23(19-21)24-11-12-25-26(20-24)30-33(16-8-15-31(5)6)27(25)22-13-17-32(18-14-22)28(34)35-29(2,3)4/h7,9-12,19-20,22H,8,13-18H2,1-6H3. The molecule has 4 rings (SSSR count). The van der Waals surface area contributed by atoms with Crippen molar-refractivity contribution in [3.05, 3.63) is 53.7 Å². The molecule has 1 saturated heterocycles. The van der Waals surface area contributed by atoms with Gasteiger partial charge in [-0.05, 0) is 84.8 Å². The first kappa shape index (κ1) is 25.2. The molecule has 6 heteroatoms. The van der Waals surface area contributed by atoms with Gasteiger partial charge in [0, 0.05) is 36.6 Å². The maximum Gasteiger partial charge on any atom is 0.410 e. The number of fused-ring (bicyclic) bond motifs is 1. The summed E-state index contributed by atoms with van der Waals surface area (Å²) in [6.07, 6.45) is 2.69. The molecule has 0 radical (unpaired) electrons. The van der Waals surface area contributed by atoms with Crippen LogP contribution in [0.1, 0.15) is 57.2 Å². The van der Waals surface area contributed by atoms with Crippen molar-refractivity contribution in [3.63, 3.8) is 0 Å². The van der Waals surface area contributed by atoms with E-state index in [-0.39, 0.29) is 6.09 Å². The molecule has 0 aliphatic carbocycles. The molecular weight excluding hydrogens is 436 g/mol. The number of ether oxygens (including phenoxy) is 1. The fourth-order valence-corrected chi connectivity index (χ4v) is 4.96. The Morgan fingerprint density at radius 3 is 2.46 bits per heavy atom. The summed E-state index contributed by atoms with van der Waals surface area (Å²) in [5.74, 6) is 0.378. The number of hydrogen-bond acceptors (Lipinski definition) is 4. The maximum atomic E-state index is 12.6. The Hall–Kier alpha value is -2.86. The number of rotatable bonds is 6. The van der Waals surface area contributed by atoms with Crippen molar-refractivity contribution in [3.8, 4) is 11.1 Å². The van der Waals surface area contributed by atoms with Crippen molar-refractivity contribution < 1.29 is 9.53 Å². The number of amides is 1. The predicted octanol–water partition coefficient (Wildman–Crippen LogP) is 6.08. The zero-order chi connectivity index (χ0) is 25.2. The molecule has 2 aromatic carbocycles. The van der Waals surface area contributed by atoms with Crippen LogP contribution in [0.5, 0.6) is 0 Å². The highest BCUT2D eigenvalue weighted by atomic mass is 16.6. The van der Waals surface area contributed by atoms with Gasteiger partial charge in [0.15, 0.2) is 0 Å². The minimum absolute atomic E-state index is 0.205. The fourth-order valence-electron chi connectivity index (χ4n) is 4.96. The number of hydrogen-bond donors (Lipinski definition) is 0. The second-order valence-corrected chi connectivity index (χ2v) is 11.1. The molecule has 0 N–H and O–H groups in total. The largest absolute Gasteiger partial charge is 0.444 e. The van der Waals surface area contributed by atoms with Crippen LogP contribution in [0.3, 0.4) is 0 Å². The van der Waals surface area contributed by atoms with Crippen LogP contribution < -0.4 is 0 Å². The first-order valence-corrected chi connectivity index (χ1v) is 12.8. The lowest BCUT2D eigenvalue weighted by Gasteiger charge is -2.33. The van der Waals surface area contributed by atoms with Crippen LogP contribution in [-0.4, -0.2) is 65.0 Å². The number of piperidine rings is 1. The molecule has 1 fully saturated rings. The van der Waals surface area contributed by atoms with E-state index in [1.54, 1.807) is 0 Å². The van der Waals surface area contributed by atoms with Crippen LogP contribution in [0, 0.1) is 6.92 Å². The maximum absolute atomic E-state index is 12.6. The lowest BCUT2D eigenvalue weighted by atomic mass is 9.91. The molecule has 1 amide bonds. The lowest BCUT2D eigenvalue weighted by molar-refractivity contribution is 0.0203. The molecule has 0 atom stereocenters. The molecule has 2 heterocycles. The van der Waals surface area contributed by atoms with Gasteiger partial charge in [-0.2, -0.15) is 5.10 Å². The Bertz CT molecular complexity index is 1170. The quantitative estimate of drug-likeness (QED) is 0.433. The van der Waals surface area contributed by atoms with E-state index < -0.39 is 5.60 Å². The summed E-state index contributed by atoms with van der Waals surface area (Å²) in [5.41, 5.74) is 5.59. The molecule has 0 unspecified atom stereocenters. The van der Waals surface area contributed by atoms with Crippen LogP contribution in [0.15, 0.2) is 42.5 Å². The Morgan fingerprint density at radius 1 is 1.09 bits per heavy atom. The summed E-state index contributed by atoms with van der Waals surface area (Å²) in [5, 5.41) is 6.33. The number of likely N-dealkylation sites (tertiary alicyclic amines) is 1. The molecule has 6 nitrogen and oxygen atoms in total. The Balaban J connectivity index is 1.60. The third kappa shape index (κ3) is 6.23. The average Bonchev–Trinajstić information content (AvgIpc) is 3.15. The summed E-state index contributed by atoms with van der Waals surface area (Å²) < 4.78 is 7.84. The first-order valence-electron chi connectivity index (χ1n) is 12.8. The van der Waals surface area contributed by atoms with E-state index in [4.69, 9.17) is 9.84 Å². The van der Waals surface area contributed by atoms with Crippen molar-refractivity contribution >= 4 is 17.0 Å². The SMILES string of the molecule is Cc1cccc(-c2ccc3c(C4CCN(C(=O)OC(C)(C)C)CC4)n(CCCN(C)C)nc3c2)c1. The smallest absolute Gasteiger partial charge is 0.410 e. The third-order valence-corrected chi connectivity index (χ3v) is 6.64. The van der Waals surface area contributed by atoms with Gasteiger partial charge in [-0.25, -0.2) is 4.79 Å². The molecule has 1 aliphatic heterocycles. The summed E-state index contributed by atoms with van der Waals surface area (Å²) >= 11 is 0. The van der Waals surface area contributed by atoms with Gasteiger partial charge in [-0.15, -0.1) is 0 Å². The zero-order valence-corrected chi connectivity index (χ0v) is 22.2. The molecule has 188 valence electrons. The van der Waals surface area contributed by atoms with Crippen LogP contribution >= 0.6 is 0 Å². The highest BCUT2D eigenvalue weighted by molar-refractivity contribution is 5.87. The van der Waals surface area contributed by atoms with Gasteiger partial charge >= 0.3 is 6.09 Å². The molecule has 1 aromatic heterocycles. The van der Waals surface area contributed by atoms with E-state index in [1.807, 2.05) is 25.7 Å². The third-order valence-electron chi connectivity index (χ3n) is 6.64. The van der Waals surface area contributed by atoms with Crippen molar-refractivity contribution in [1.29, 1.82) is 0 Å². The van der Waals surface area contributed by atoms with E-state index in [0.717, 1.165) is 37.9 Å². The van der Waals surface area contributed by atoms with E-state index >= 15 is 0 Å². The molecule has 0 bridgehead atoms. The lowest BCUT2D eigenvalue weighted by Crippen LogP contribution is -2.41. The van der Waals surface area contributed by atoms with Gasteiger partial charge in [0.2, 0.25) is 0 Å². The van der Waals surface area contributed by atoms with E-state index in [9.17, 15) is 4.79 Å². The van der Waals surface area contributed by atoms with Crippen LogP contribution in [-0.2, 0) is 11.3 Å². The van der Waals surface area contributed by atoms with Crippen LogP contribution in [0.2, 0.25) is 0 Å². The molecule has 0 saturated carbocycles. The van der Waals surface area contributed by atoms with Crippen LogP contribution in [0.25, 0.3) is 22.0 Å². The van der Waals surface area contributed by atoms with Gasteiger partial charge in [0.25, 0.3) is 0 Å². The fraction of sp³-hybridized carbons (Fsp3) is 0.517. The Kier molecular flexibility index (Phi) is 7.50. The van der Waals surface area contributed by atoms with Gasteiger partial charge in [0.1, 0.15) is 5.60 Å². The average molecular weight is 477 g/mol. The van der Waals surface area contributed by atoms with E-state index in [0.29, 0.717) is 19.0 Å². The van der Waals surface area contributed by atoms with Crippen molar-refractivity contribution in [1.82, 2.24) is 19.6 Å². The van der Waals surface area contributed by atoms with Gasteiger partial charge in [0.05, 0.1) is 5.52 Å².